The molecule has 0 saturated heterocycles. The van der Waals surface area contributed by atoms with Crippen LogP contribution >= 0.6 is 11.3 Å². The standard InChI is InChI=1S/C15H17NO3S/c1-9-10(2)20-14(16-9)13(15(17)18)8-11-4-6-12(19-3)7-5-11/h4-7,13H,8H2,1-3H3,(H,17,18). The number of hydrogen-bond acceptors (Lipinski definition) is 4. The van der Waals surface area contributed by atoms with Gasteiger partial charge in [-0.15, -0.1) is 11.3 Å². The Balaban J connectivity index is 2.23. The van der Waals surface area contributed by atoms with Crippen LogP contribution in [0, 0.1) is 13.8 Å². The highest BCUT2D eigenvalue weighted by Gasteiger charge is 2.24. The maximum atomic E-state index is 11.5. The first kappa shape index (κ1) is 14.5. The summed E-state index contributed by atoms with van der Waals surface area (Å²) in [6.07, 6.45) is 0.436. The average molecular weight is 291 g/mol. The first-order chi connectivity index (χ1) is 9.51. The molecule has 1 aromatic heterocycles. The monoisotopic (exact) mass is 291 g/mol. The summed E-state index contributed by atoms with van der Waals surface area (Å²) in [6.45, 7) is 3.87. The summed E-state index contributed by atoms with van der Waals surface area (Å²) in [5.74, 6) is -0.670. The van der Waals surface area contributed by atoms with E-state index >= 15 is 0 Å². The molecule has 1 atom stereocenters. The summed E-state index contributed by atoms with van der Waals surface area (Å²) in [7, 11) is 1.61. The lowest BCUT2D eigenvalue weighted by Gasteiger charge is -2.10. The Bertz CT molecular complexity index is 585. The van der Waals surface area contributed by atoms with E-state index in [1.807, 2.05) is 38.1 Å². The zero-order valence-corrected chi connectivity index (χ0v) is 12.5. The average Bonchev–Trinajstić information content (AvgIpc) is 2.76. The molecule has 20 heavy (non-hydrogen) atoms. The van der Waals surface area contributed by atoms with Crippen LogP contribution < -0.4 is 4.74 Å². The summed E-state index contributed by atoms with van der Waals surface area (Å²) >= 11 is 1.46. The second kappa shape index (κ2) is 6.05. The van der Waals surface area contributed by atoms with Crippen molar-refractivity contribution < 1.29 is 14.6 Å². The number of aliphatic carboxylic acids is 1. The summed E-state index contributed by atoms with van der Waals surface area (Å²) in [5, 5.41) is 10.1. The van der Waals surface area contributed by atoms with Crippen molar-refractivity contribution in [1.82, 2.24) is 4.98 Å². The molecule has 2 rings (SSSR count). The second-order valence-corrected chi connectivity index (χ2v) is 5.87. The first-order valence-corrected chi connectivity index (χ1v) is 7.12. The SMILES string of the molecule is COc1ccc(CC(C(=O)O)c2nc(C)c(C)s2)cc1. The molecule has 0 bridgehead atoms. The molecule has 0 radical (unpaired) electrons. The number of carboxylic acids is 1. The molecule has 1 aromatic carbocycles. The van der Waals surface area contributed by atoms with E-state index in [9.17, 15) is 9.90 Å². The minimum absolute atomic E-state index is 0.436. The van der Waals surface area contributed by atoms with E-state index in [2.05, 4.69) is 4.98 Å². The lowest BCUT2D eigenvalue weighted by atomic mass is 10.00. The smallest absolute Gasteiger partial charge is 0.313 e. The summed E-state index contributed by atoms with van der Waals surface area (Å²) in [5.41, 5.74) is 1.87. The van der Waals surface area contributed by atoms with Gasteiger partial charge in [0.15, 0.2) is 0 Å². The van der Waals surface area contributed by atoms with Gasteiger partial charge in [-0.25, -0.2) is 4.98 Å². The molecule has 4 nitrogen and oxygen atoms in total. The van der Waals surface area contributed by atoms with E-state index in [4.69, 9.17) is 4.74 Å². The lowest BCUT2D eigenvalue weighted by Crippen LogP contribution is -2.14. The fourth-order valence-electron chi connectivity index (χ4n) is 1.92. The van der Waals surface area contributed by atoms with Crippen LogP contribution in [0.4, 0.5) is 0 Å². The van der Waals surface area contributed by atoms with Crippen LogP contribution in [-0.2, 0) is 11.2 Å². The molecule has 0 aliphatic carbocycles. The van der Waals surface area contributed by atoms with Gasteiger partial charge in [0.25, 0.3) is 0 Å². The topological polar surface area (TPSA) is 59.4 Å². The van der Waals surface area contributed by atoms with Crippen molar-refractivity contribution in [2.24, 2.45) is 0 Å². The number of nitrogens with zero attached hydrogens (tertiary/aromatic N) is 1. The van der Waals surface area contributed by atoms with Crippen molar-refractivity contribution >= 4 is 17.3 Å². The second-order valence-electron chi connectivity index (χ2n) is 4.64. The largest absolute Gasteiger partial charge is 0.497 e. The van der Waals surface area contributed by atoms with Crippen molar-refractivity contribution in [2.75, 3.05) is 7.11 Å². The third kappa shape index (κ3) is 3.17. The number of rotatable bonds is 5. The molecule has 0 aliphatic rings. The van der Waals surface area contributed by atoms with Gasteiger partial charge in [0, 0.05) is 4.88 Å². The number of hydrogen-bond donors (Lipinski definition) is 1. The number of carbonyl (C=O) groups is 1. The number of methoxy groups -OCH3 is 1. The minimum Gasteiger partial charge on any atom is -0.497 e. The third-order valence-electron chi connectivity index (χ3n) is 3.24. The van der Waals surface area contributed by atoms with Gasteiger partial charge in [-0.3, -0.25) is 4.79 Å². The Hall–Kier alpha value is -1.88. The van der Waals surface area contributed by atoms with E-state index in [0.717, 1.165) is 21.9 Å². The molecule has 0 aliphatic heterocycles. The molecule has 0 fully saturated rings. The molecule has 0 spiro atoms. The van der Waals surface area contributed by atoms with E-state index in [1.54, 1.807) is 7.11 Å². The van der Waals surface area contributed by atoms with Gasteiger partial charge in [0.1, 0.15) is 16.7 Å². The number of thiazole rings is 1. The molecule has 1 N–H and O–H groups in total. The van der Waals surface area contributed by atoms with Gasteiger partial charge in [-0.05, 0) is 38.0 Å². The summed E-state index contributed by atoms with van der Waals surface area (Å²) < 4.78 is 5.10. The van der Waals surface area contributed by atoms with Crippen molar-refractivity contribution in [3.63, 3.8) is 0 Å². The van der Waals surface area contributed by atoms with Crippen LogP contribution in [0.1, 0.15) is 27.1 Å². The number of aromatic nitrogens is 1. The van der Waals surface area contributed by atoms with E-state index < -0.39 is 11.9 Å². The first-order valence-electron chi connectivity index (χ1n) is 6.31. The maximum Gasteiger partial charge on any atom is 0.313 e. The third-order valence-corrected chi connectivity index (χ3v) is 4.43. The van der Waals surface area contributed by atoms with Gasteiger partial charge >= 0.3 is 5.97 Å². The van der Waals surface area contributed by atoms with E-state index in [0.29, 0.717) is 11.4 Å². The molecule has 1 heterocycles. The predicted octanol–water partition coefficient (Wildman–Crippen LogP) is 3.18. The van der Waals surface area contributed by atoms with Crippen LogP contribution in [-0.4, -0.2) is 23.2 Å². The number of aryl methyl sites for hydroxylation is 2. The Morgan fingerprint density at radius 3 is 2.45 bits per heavy atom. The van der Waals surface area contributed by atoms with Crippen LogP contribution in [0.5, 0.6) is 5.75 Å². The fourth-order valence-corrected chi connectivity index (χ4v) is 2.94. The maximum absolute atomic E-state index is 11.5. The molecular formula is C15H17NO3S. The Labute approximate surface area is 122 Å². The Morgan fingerprint density at radius 1 is 1.35 bits per heavy atom. The molecule has 0 saturated carbocycles. The Morgan fingerprint density at radius 2 is 2.00 bits per heavy atom. The summed E-state index contributed by atoms with van der Waals surface area (Å²) in [4.78, 5) is 16.9. The fraction of sp³-hybridized carbons (Fsp3) is 0.333. The van der Waals surface area contributed by atoms with E-state index in [-0.39, 0.29) is 0 Å². The van der Waals surface area contributed by atoms with Crippen molar-refractivity contribution in [3.05, 3.63) is 45.4 Å². The predicted molar refractivity (Wildman–Crippen MR) is 78.7 cm³/mol. The zero-order chi connectivity index (χ0) is 14.7. The normalized spacial score (nSPS) is 12.2. The van der Waals surface area contributed by atoms with Crippen LogP contribution in [0.3, 0.4) is 0 Å². The number of carboxylic acid groups (broad SMARTS) is 1. The van der Waals surface area contributed by atoms with Gasteiger partial charge < -0.3 is 9.84 Å². The van der Waals surface area contributed by atoms with Gasteiger partial charge in [0.05, 0.1) is 12.8 Å². The molecule has 0 amide bonds. The molecule has 1 unspecified atom stereocenters. The molecule has 5 heteroatoms. The van der Waals surface area contributed by atoms with Gasteiger partial charge in [-0.2, -0.15) is 0 Å². The van der Waals surface area contributed by atoms with Gasteiger partial charge in [-0.1, -0.05) is 12.1 Å². The van der Waals surface area contributed by atoms with Gasteiger partial charge in [0.2, 0.25) is 0 Å². The van der Waals surface area contributed by atoms with Crippen molar-refractivity contribution in [3.8, 4) is 5.75 Å². The highest BCUT2D eigenvalue weighted by atomic mass is 32.1. The van der Waals surface area contributed by atoms with Crippen LogP contribution in [0.2, 0.25) is 0 Å². The number of benzene rings is 1. The Kier molecular flexibility index (Phi) is 4.39. The minimum atomic E-state index is -0.838. The van der Waals surface area contributed by atoms with E-state index in [1.165, 1.54) is 11.3 Å². The highest BCUT2D eigenvalue weighted by molar-refractivity contribution is 7.11. The van der Waals surface area contributed by atoms with Crippen molar-refractivity contribution in [1.29, 1.82) is 0 Å². The quantitative estimate of drug-likeness (QED) is 0.919. The van der Waals surface area contributed by atoms with Crippen LogP contribution in [0.15, 0.2) is 24.3 Å². The molecule has 106 valence electrons. The summed E-state index contributed by atoms with van der Waals surface area (Å²) in [6, 6.07) is 7.46. The van der Waals surface area contributed by atoms with Crippen molar-refractivity contribution in [2.45, 2.75) is 26.2 Å². The zero-order valence-electron chi connectivity index (χ0n) is 11.7. The highest BCUT2D eigenvalue weighted by Crippen LogP contribution is 2.28. The number of ether oxygens (including phenoxy) is 1. The lowest BCUT2D eigenvalue weighted by molar-refractivity contribution is -0.138. The molecular weight excluding hydrogens is 274 g/mol. The van der Waals surface area contributed by atoms with Crippen LogP contribution in [0.25, 0.3) is 0 Å². The molecule has 2 aromatic rings.